The van der Waals surface area contributed by atoms with Crippen molar-refractivity contribution in [2.45, 2.75) is 32.2 Å². The first-order valence-corrected chi connectivity index (χ1v) is 5.26. The third kappa shape index (κ3) is 1.62. The molecule has 2 aliphatic rings. The Morgan fingerprint density at radius 3 is 2.27 bits per heavy atom. The Labute approximate surface area is 88.0 Å². The predicted octanol–water partition coefficient (Wildman–Crippen LogP) is -0.244. The lowest BCUT2D eigenvalue weighted by Gasteiger charge is -2.42. The average molecular weight is 210 g/mol. The van der Waals surface area contributed by atoms with Gasteiger partial charge in [0.15, 0.2) is 0 Å². The number of carbonyl (C=O) groups excluding carboxylic acids is 3. The van der Waals surface area contributed by atoms with E-state index < -0.39 is 0 Å². The molecule has 0 radical (unpaired) electrons. The van der Waals surface area contributed by atoms with Crippen molar-refractivity contribution in [2.75, 3.05) is 13.1 Å². The minimum Gasteiger partial charge on any atom is -0.338 e. The summed E-state index contributed by atoms with van der Waals surface area (Å²) in [5.74, 6) is -0.0902. The molecule has 2 fully saturated rings. The molecule has 15 heavy (non-hydrogen) atoms. The van der Waals surface area contributed by atoms with Gasteiger partial charge in [-0.05, 0) is 0 Å². The van der Waals surface area contributed by atoms with Gasteiger partial charge in [-0.1, -0.05) is 6.92 Å². The van der Waals surface area contributed by atoms with E-state index in [1.807, 2.05) is 6.92 Å². The highest BCUT2D eigenvalue weighted by Crippen LogP contribution is 2.22. The first-order chi connectivity index (χ1) is 7.13. The number of imide groups is 1. The van der Waals surface area contributed by atoms with Gasteiger partial charge in [0.2, 0.25) is 17.7 Å². The molecule has 0 atom stereocenters. The van der Waals surface area contributed by atoms with E-state index in [0.717, 1.165) is 0 Å². The number of hydrogen-bond acceptors (Lipinski definition) is 3. The van der Waals surface area contributed by atoms with Gasteiger partial charge in [0.25, 0.3) is 0 Å². The quantitative estimate of drug-likeness (QED) is 0.591. The zero-order valence-electron chi connectivity index (χ0n) is 8.73. The lowest BCUT2D eigenvalue weighted by Crippen LogP contribution is -2.62. The number of rotatable bonds is 2. The van der Waals surface area contributed by atoms with Crippen molar-refractivity contribution < 1.29 is 14.4 Å². The highest BCUT2D eigenvalue weighted by atomic mass is 16.2. The number of likely N-dealkylation sites (tertiary alicyclic amines) is 2. The zero-order chi connectivity index (χ0) is 11.0. The molecular formula is C10H14N2O3. The molecule has 0 unspecified atom stereocenters. The van der Waals surface area contributed by atoms with Crippen LogP contribution in [0.1, 0.15) is 26.2 Å². The summed E-state index contributed by atoms with van der Waals surface area (Å²) in [4.78, 5) is 37.0. The molecule has 5 heteroatoms. The van der Waals surface area contributed by atoms with Crippen LogP contribution in [0.4, 0.5) is 0 Å². The minimum absolute atomic E-state index is 0.0667. The molecule has 3 amide bonds. The van der Waals surface area contributed by atoms with E-state index in [4.69, 9.17) is 0 Å². The lowest BCUT2D eigenvalue weighted by atomic mass is 10.1. The molecule has 0 N–H and O–H groups in total. The zero-order valence-corrected chi connectivity index (χ0v) is 8.73. The molecule has 5 nitrogen and oxygen atoms in total. The summed E-state index contributed by atoms with van der Waals surface area (Å²) in [6, 6.07) is -0.0667. The summed E-state index contributed by atoms with van der Waals surface area (Å²) >= 11 is 0. The van der Waals surface area contributed by atoms with Crippen molar-refractivity contribution in [3.8, 4) is 0 Å². The Morgan fingerprint density at radius 2 is 1.80 bits per heavy atom. The van der Waals surface area contributed by atoms with E-state index in [1.54, 1.807) is 4.90 Å². The fraction of sp³-hybridized carbons (Fsp3) is 0.700. The summed E-state index contributed by atoms with van der Waals surface area (Å²) in [5.41, 5.74) is 0. The van der Waals surface area contributed by atoms with Gasteiger partial charge in [-0.15, -0.1) is 0 Å². The largest absolute Gasteiger partial charge is 0.338 e. The second kappa shape index (κ2) is 3.64. The highest BCUT2D eigenvalue weighted by molar-refractivity contribution is 6.02. The van der Waals surface area contributed by atoms with E-state index in [2.05, 4.69) is 0 Å². The first kappa shape index (κ1) is 10.1. The monoisotopic (exact) mass is 210 g/mol. The van der Waals surface area contributed by atoms with Crippen molar-refractivity contribution in [1.29, 1.82) is 0 Å². The second-order valence-corrected chi connectivity index (χ2v) is 3.96. The number of carbonyl (C=O) groups is 3. The summed E-state index contributed by atoms with van der Waals surface area (Å²) in [7, 11) is 0. The van der Waals surface area contributed by atoms with Crippen LogP contribution in [0.25, 0.3) is 0 Å². The molecule has 0 saturated carbocycles. The molecule has 0 spiro atoms. The van der Waals surface area contributed by atoms with Crippen LogP contribution in [0.15, 0.2) is 0 Å². The summed E-state index contributed by atoms with van der Waals surface area (Å²) in [6.07, 6.45) is 1.14. The molecule has 0 aromatic carbocycles. The smallest absolute Gasteiger partial charge is 0.230 e. The molecule has 82 valence electrons. The van der Waals surface area contributed by atoms with Gasteiger partial charge in [-0.3, -0.25) is 19.3 Å². The summed E-state index contributed by atoms with van der Waals surface area (Å²) < 4.78 is 0. The Kier molecular flexibility index (Phi) is 2.46. The van der Waals surface area contributed by atoms with Gasteiger partial charge in [0, 0.05) is 32.4 Å². The fourth-order valence-corrected chi connectivity index (χ4v) is 2.05. The molecule has 2 heterocycles. The van der Waals surface area contributed by atoms with E-state index in [-0.39, 0.29) is 23.8 Å². The maximum absolute atomic E-state index is 11.4. The third-order valence-corrected chi connectivity index (χ3v) is 2.97. The first-order valence-electron chi connectivity index (χ1n) is 5.26. The Balaban J connectivity index is 1.91. The lowest BCUT2D eigenvalue weighted by molar-refractivity contribution is -0.151. The van der Waals surface area contributed by atoms with E-state index in [9.17, 15) is 14.4 Å². The molecule has 2 saturated heterocycles. The van der Waals surface area contributed by atoms with Crippen LogP contribution in [0.5, 0.6) is 0 Å². The molecule has 0 aliphatic carbocycles. The number of hydrogen-bond donors (Lipinski definition) is 0. The van der Waals surface area contributed by atoms with Gasteiger partial charge in [-0.25, -0.2) is 0 Å². The second-order valence-electron chi connectivity index (χ2n) is 3.96. The maximum Gasteiger partial charge on any atom is 0.230 e. The maximum atomic E-state index is 11.4. The van der Waals surface area contributed by atoms with Crippen LogP contribution >= 0.6 is 0 Å². The van der Waals surface area contributed by atoms with Crippen LogP contribution < -0.4 is 0 Å². The normalized spacial score (nSPS) is 22.2. The highest BCUT2D eigenvalue weighted by Gasteiger charge is 2.42. The molecule has 0 aromatic rings. The number of nitrogens with zero attached hydrogens (tertiary/aromatic N) is 2. The van der Waals surface area contributed by atoms with Crippen molar-refractivity contribution in [1.82, 2.24) is 9.80 Å². The fourth-order valence-electron chi connectivity index (χ4n) is 2.05. The van der Waals surface area contributed by atoms with Crippen molar-refractivity contribution in [3.63, 3.8) is 0 Å². The van der Waals surface area contributed by atoms with Crippen LogP contribution in [0.3, 0.4) is 0 Å². The van der Waals surface area contributed by atoms with E-state index in [0.29, 0.717) is 32.4 Å². The van der Waals surface area contributed by atoms with Crippen LogP contribution in [0.2, 0.25) is 0 Å². The van der Waals surface area contributed by atoms with Gasteiger partial charge < -0.3 is 4.90 Å². The molecule has 2 aliphatic heterocycles. The van der Waals surface area contributed by atoms with Crippen molar-refractivity contribution >= 4 is 17.7 Å². The Bertz CT molecular complexity index is 305. The van der Waals surface area contributed by atoms with Crippen molar-refractivity contribution in [2.24, 2.45) is 0 Å². The van der Waals surface area contributed by atoms with Crippen molar-refractivity contribution in [3.05, 3.63) is 0 Å². The van der Waals surface area contributed by atoms with Gasteiger partial charge >= 0.3 is 0 Å². The Morgan fingerprint density at radius 1 is 1.27 bits per heavy atom. The minimum atomic E-state index is -0.0893. The molecular weight excluding hydrogens is 196 g/mol. The van der Waals surface area contributed by atoms with Crippen LogP contribution in [-0.4, -0.2) is 46.7 Å². The van der Waals surface area contributed by atoms with Gasteiger partial charge in [0.05, 0.1) is 6.04 Å². The Hall–Kier alpha value is -1.39. The third-order valence-electron chi connectivity index (χ3n) is 2.97. The van der Waals surface area contributed by atoms with E-state index in [1.165, 1.54) is 4.90 Å². The predicted molar refractivity (Wildman–Crippen MR) is 51.7 cm³/mol. The van der Waals surface area contributed by atoms with Gasteiger partial charge in [-0.2, -0.15) is 0 Å². The van der Waals surface area contributed by atoms with Crippen LogP contribution in [-0.2, 0) is 14.4 Å². The average Bonchev–Trinajstić information content (AvgIpc) is 2.46. The summed E-state index contributed by atoms with van der Waals surface area (Å²) in [6.45, 7) is 2.84. The molecule has 0 bridgehead atoms. The summed E-state index contributed by atoms with van der Waals surface area (Å²) in [5, 5.41) is 0. The number of amides is 3. The van der Waals surface area contributed by atoms with E-state index >= 15 is 0 Å². The van der Waals surface area contributed by atoms with Gasteiger partial charge in [0.1, 0.15) is 0 Å². The van der Waals surface area contributed by atoms with Crippen LogP contribution in [0, 0.1) is 0 Å². The molecule has 0 aromatic heterocycles. The molecule has 2 rings (SSSR count). The topological polar surface area (TPSA) is 57.7 Å². The standard InChI is InChI=1S/C10H14N2O3/c1-2-8(13)11-5-7(6-11)12-9(14)3-4-10(12)15/h7H,2-6H2,1H3. The SMILES string of the molecule is CCC(=O)N1CC(N2C(=O)CCC2=O)C1.